The lowest BCUT2D eigenvalue weighted by Crippen LogP contribution is -2.17. The Kier molecular flexibility index (Phi) is 5.37. The van der Waals surface area contributed by atoms with Crippen LogP contribution in [0.2, 0.25) is 0 Å². The number of hydrogen-bond acceptors (Lipinski definition) is 4. The Bertz CT molecular complexity index is 585. The Labute approximate surface area is 131 Å². The van der Waals surface area contributed by atoms with E-state index >= 15 is 0 Å². The molecular weight excluding hydrogens is 278 g/mol. The van der Waals surface area contributed by atoms with Gasteiger partial charge in [-0.25, -0.2) is 9.97 Å². The van der Waals surface area contributed by atoms with Crippen molar-refractivity contribution in [2.24, 2.45) is 0 Å². The van der Waals surface area contributed by atoms with Crippen LogP contribution in [-0.2, 0) is 0 Å². The zero-order chi connectivity index (χ0) is 15.4. The average molecular weight is 301 g/mol. The summed E-state index contributed by atoms with van der Waals surface area (Å²) in [6, 6.07) is 8.42. The van der Waals surface area contributed by atoms with E-state index in [1.807, 2.05) is 7.05 Å². The summed E-state index contributed by atoms with van der Waals surface area (Å²) in [5, 5.41) is 3.22. The van der Waals surface area contributed by atoms with E-state index in [4.69, 9.17) is 9.97 Å². The van der Waals surface area contributed by atoms with Gasteiger partial charge in [-0.2, -0.15) is 0 Å². The monoisotopic (exact) mass is 301 g/mol. The maximum absolute atomic E-state index is 4.72. The lowest BCUT2D eigenvalue weighted by molar-refractivity contribution is 0.663. The maximum Gasteiger partial charge on any atom is 0.159 e. The zero-order valence-electron chi connectivity index (χ0n) is 13.4. The van der Waals surface area contributed by atoms with E-state index in [1.165, 1.54) is 10.5 Å². The molecular formula is C17H23N3S. The van der Waals surface area contributed by atoms with Gasteiger partial charge in [-0.05, 0) is 50.8 Å². The number of likely N-dealkylation sites (N-methyl/N-ethyl adjacent to an activating group) is 1. The van der Waals surface area contributed by atoms with Crippen molar-refractivity contribution in [2.45, 2.75) is 31.6 Å². The summed E-state index contributed by atoms with van der Waals surface area (Å²) in [5.41, 5.74) is 4.49. The smallest absolute Gasteiger partial charge is 0.159 e. The van der Waals surface area contributed by atoms with Crippen LogP contribution >= 0.6 is 11.8 Å². The molecule has 2 aromatic rings. The van der Waals surface area contributed by atoms with Gasteiger partial charge in [0.1, 0.15) is 0 Å². The Morgan fingerprint density at radius 1 is 1.10 bits per heavy atom. The molecule has 0 spiro atoms. The van der Waals surface area contributed by atoms with Crippen LogP contribution in [0.5, 0.6) is 0 Å². The maximum atomic E-state index is 4.72. The molecule has 0 aliphatic carbocycles. The Balaban J connectivity index is 2.38. The Hall–Kier alpha value is -1.39. The van der Waals surface area contributed by atoms with Crippen LogP contribution in [0.15, 0.2) is 29.2 Å². The third-order valence-electron chi connectivity index (χ3n) is 3.68. The van der Waals surface area contributed by atoms with Crippen LogP contribution in [0.3, 0.4) is 0 Å². The quantitative estimate of drug-likeness (QED) is 0.852. The molecule has 0 bridgehead atoms. The zero-order valence-corrected chi connectivity index (χ0v) is 14.2. The first-order valence-electron chi connectivity index (χ1n) is 7.21. The third kappa shape index (κ3) is 3.63. The molecule has 112 valence electrons. The van der Waals surface area contributed by atoms with Gasteiger partial charge in [0.25, 0.3) is 0 Å². The van der Waals surface area contributed by atoms with Crippen molar-refractivity contribution in [1.29, 1.82) is 0 Å². The number of thioether (sulfide) groups is 1. The van der Waals surface area contributed by atoms with Crippen LogP contribution in [0.25, 0.3) is 11.4 Å². The standard InChI is InChI=1S/C17H23N3S/c1-11(10-18-4)16-12(2)19-17(20-13(16)3)14-6-8-15(21-5)9-7-14/h6-9,11,18H,10H2,1-5H3. The van der Waals surface area contributed by atoms with E-state index in [0.717, 1.165) is 29.3 Å². The second kappa shape index (κ2) is 7.05. The molecule has 0 radical (unpaired) electrons. The minimum Gasteiger partial charge on any atom is -0.319 e. The molecule has 1 atom stereocenters. The summed E-state index contributed by atoms with van der Waals surface area (Å²) in [4.78, 5) is 10.7. The van der Waals surface area contributed by atoms with Crippen molar-refractivity contribution in [2.75, 3.05) is 19.8 Å². The van der Waals surface area contributed by atoms with Gasteiger partial charge in [-0.3, -0.25) is 0 Å². The predicted molar refractivity (Wildman–Crippen MR) is 91.1 cm³/mol. The SMILES string of the molecule is CNCC(C)c1c(C)nc(-c2ccc(SC)cc2)nc1C. The molecule has 1 aromatic heterocycles. The van der Waals surface area contributed by atoms with Gasteiger partial charge >= 0.3 is 0 Å². The summed E-state index contributed by atoms with van der Waals surface area (Å²) in [6.45, 7) is 7.31. The number of benzene rings is 1. The molecule has 0 aliphatic heterocycles. The van der Waals surface area contributed by atoms with E-state index in [9.17, 15) is 0 Å². The normalized spacial score (nSPS) is 12.4. The van der Waals surface area contributed by atoms with E-state index < -0.39 is 0 Å². The summed E-state index contributed by atoms with van der Waals surface area (Å²) in [6.07, 6.45) is 2.08. The van der Waals surface area contributed by atoms with E-state index in [2.05, 4.69) is 56.6 Å². The van der Waals surface area contributed by atoms with Crippen molar-refractivity contribution in [3.8, 4) is 11.4 Å². The van der Waals surface area contributed by atoms with Gasteiger partial charge in [0.2, 0.25) is 0 Å². The van der Waals surface area contributed by atoms with Crippen molar-refractivity contribution in [3.05, 3.63) is 41.2 Å². The number of rotatable bonds is 5. The predicted octanol–water partition coefficient (Wildman–Crippen LogP) is 3.81. The average Bonchev–Trinajstić information content (AvgIpc) is 2.47. The molecule has 4 heteroatoms. The molecule has 2 rings (SSSR count). The first-order valence-corrected chi connectivity index (χ1v) is 8.43. The highest BCUT2D eigenvalue weighted by atomic mass is 32.2. The minimum atomic E-state index is 0.419. The molecule has 1 N–H and O–H groups in total. The van der Waals surface area contributed by atoms with Crippen LogP contribution in [0.4, 0.5) is 0 Å². The molecule has 0 fully saturated rings. The fourth-order valence-corrected chi connectivity index (χ4v) is 3.12. The Morgan fingerprint density at radius 2 is 1.67 bits per heavy atom. The number of nitrogens with one attached hydrogen (secondary N) is 1. The molecule has 0 saturated heterocycles. The van der Waals surface area contributed by atoms with E-state index in [0.29, 0.717) is 5.92 Å². The van der Waals surface area contributed by atoms with Gasteiger partial charge in [0.15, 0.2) is 5.82 Å². The highest BCUT2D eigenvalue weighted by molar-refractivity contribution is 7.98. The topological polar surface area (TPSA) is 37.8 Å². The van der Waals surface area contributed by atoms with Crippen LogP contribution in [0, 0.1) is 13.8 Å². The van der Waals surface area contributed by atoms with Crippen LogP contribution in [0.1, 0.15) is 29.8 Å². The van der Waals surface area contributed by atoms with Crippen molar-refractivity contribution >= 4 is 11.8 Å². The van der Waals surface area contributed by atoms with Gasteiger partial charge in [0.05, 0.1) is 0 Å². The van der Waals surface area contributed by atoms with Gasteiger partial charge in [-0.1, -0.05) is 19.1 Å². The highest BCUT2D eigenvalue weighted by Gasteiger charge is 2.15. The second-order valence-corrected chi connectivity index (χ2v) is 6.20. The van der Waals surface area contributed by atoms with Gasteiger partial charge < -0.3 is 5.32 Å². The number of aryl methyl sites for hydroxylation is 2. The molecule has 21 heavy (non-hydrogen) atoms. The minimum absolute atomic E-state index is 0.419. The second-order valence-electron chi connectivity index (χ2n) is 5.32. The Morgan fingerprint density at radius 3 is 2.14 bits per heavy atom. The first kappa shape index (κ1) is 16.0. The first-order chi connectivity index (χ1) is 10.1. The fraction of sp³-hybridized carbons (Fsp3) is 0.412. The van der Waals surface area contributed by atoms with E-state index in [1.54, 1.807) is 11.8 Å². The molecule has 1 unspecified atom stereocenters. The summed E-state index contributed by atoms with van der Waals surface area (Å²) < 4.78 is 0. The lowest BCUT2D eigenvalue weighted by Gasteiger charge is -2.17. The largest absolute Gasteiger partial charge is 0.319 e. The van der Waals surface area contributed by atoms with Gasteiger partial charge in [-0.15, -0.1) is 11.8 Å². The van der Waals surface area contributed by atoms with Crippen molar-refractivity contribution < 1.29 is 0 Å². The summed E-state index contributed by atoms with van der Waals surface area (Å²) >= 11 is 1.74. The molecule has 0 amide bonds. The van der Waals surface area contributed by atoms with Crippen molar-refractivity contribution in [1.82, 2.24) is 15.3 Å². The fourth-order valence-electron chi connectivity index (χ4n) is 2.72. The van der Waals surface area contributed by atoms with E-state index in [-0.39, 0.29) is 0 Å². The third-order valence-corrected chi connectivity index (χ3v) is 4.42. The summed E-state index contributed by atoms with van der Waals surface area (Å²) in [5.74, 6) is 1.24. The number of nitrogens with zero attached hydrogens (tertiary/aromatic N) is 2. The number of aromatic nitrogens is 2. The number of hydrogen-bond donors (Lipinski definition) is 1. The molecule has 1 heterocycles. The molecule has 3 nitrogen and oxygen atoms in total. The van der Waals surface area contributed by atoms with Crippen molar-refractivity contribution in [3.63, 3.8) is 0 Å². The summed E-state index contributed by atoms with van der Waals surface area (Å²) in [7, 11) is 1.98. The molecule has 1 aromatic carbocycles. The molecule has 0 aliphatic rings. The van der Waals surface area contributed by atoms with Crippen LogP contribution in [-0.4, -0.2) is 29.8 Å². The lowest BCUT2D eigenvalue weighted by atomic mass is 9.98. The highest BCUT2D eigenvalue weighted by Crippen LogP contribution is 2.25. The van der Waals surface area contributed by atoms with Gasteiger partial charge in [0, 0.05) is 28.4 Å². The van der Waals surface area contributed by atoms with Crippen LogP contribution < -0.4 is 5.32 Å². The molecule has 0 saturated carbocycles.